The molecule has 0 radical (unpaired) electrons. The molecule has 1 amide bonds. The summed E-state index contributed by atoms with van der Waals surface area (Å²) in [5.41, 5.74) is 0. The Balaban J connectivity index is 2.23. The van der Waals surface area contributed by atoms with Crippen LogP contribution >= 0.6 is 11.3 Å². The third-order valence-electron chi connectivity index (χ3n) is 2.97. The second-order valence-electron chi connectivity index (χ2n) is 4.54. The molecule has 2 rings (SSSR count). The fourth-order valence-corrected chi connectivity index (χ4v) is 4.72. The van der Waals surface area contributed by atoms with Gasteiger partial charge in [-0.15, -0.1) is 11.3 Å². The normalized spacial score (nSPS) is 13.0. The molecule has 0 aliphatic rings. The van der Waals surface area contributed by atoms with E-state index in [1.807, 2.05) is 6.92 Å². The highest BCUT2D eigenvalue weighted by molar-refractivity contribution is 7.93. The van der Waals surface area contributed by atoms with Crippen molar-refractivity contribution in [2.75, 3.05) is 6.54 Å². The first-order valence-corrected chi connectivity index (χ1v) is 9.05. The molecule has 2 heterocycles. The van der Waals surface area contributed by atoms with Crippen molar-refractivity contribution >= 4 is 27.1 Å². The number of nitrogens with one attached hydrogen (secondary N) is 1. The number of carbonyl (C=O) groups excluding carboxylic acids is 1. The second kappa shape index (κ2) is 6.91. The van der Waals surface area contributed by atoms with Crippen molar-refractivity contribution in [2.24, 2.45) is 0 Å². The molecule has 0 bridgehead atoms. The molecule has 0 saturated heterocycles. The van der Waals surface area contributed by atoms with Gasteiger partial charge in [0.15, 0.2) is 9.84 Å². The van der Waals surface area contributed by atoms with Crippen LogP contribution in [0.1, 0.15) is 30.8 Å². The van der Waals surface area contributed by atoms with Crippen molar-refractivity contribution in [2.45, 2.75) is 29.2 Å². The molecular formula is C14H17NO4S2. The van der Waals surface area contributed by atoms with E-state index in [2.05, 4.69) is 5.32 Å². The van der Waals surface area contributed by atoms with Crippen molar-refractivity contribution < 1.29 is 17.6 Å². The molecule has 21 heavy (non-hydrogen) atoms. The van der Waals surface area contributed by atoms with Gasteiger partial charge < -0.3 is 9.73 Å². The van der Waals surface area contributed by atoms with E-state index < -0.39 is 15.1 Å². The van der Waals surface area contributed by atoms with E-state index in [4.69, 9.17) is 4.42 Å². The smallest absolute Gasteiger partial charge is 0.220 e. The van der Waals surface area contributed by atoms with Gasteiger partial charge in [0.05, 0.1) is 6.26 Å². The van der Waals surface area contributed by atoms with E-state index in [-0.39, 0.29) is 16.7 Å². The minimum atomic E-state index is -3.58. The van der Waals surface area contributed by atoms with E-state index >= 15 is 0 Å². The van der Waals surface area contributed by atoms with Gasteiger partial charge in [0, 0.05) is 13.0 Å². The highest BCUT2D eigenvalue weighted by atomic mass is 32.2. The molecular weight excluding hydrogens is 310 g/mol. The van der Waals surface area contributed by atoms with E-state index in [1.54, 1.807) is 29.6 Å². The Kier molecular flexibility index (Phi) is 5.19. The number of rotatable bonds is 7. The fraction of sp³-hybridized carbons (Fsp3) is 0.357. The van der Waals surface area contributed by atoms with Crippen LogP contribution in [0.4, 0.5) is 0 Å². The van der Waals surface area contributed by atoms with Crippen LogP contribution in [0.2, 0.25) is 0 Å². The molecule has 1 atom stereocenters. The van der Waals surface area contributed by atoms with Crippen LogP contribution in [-0.4, -0.2) is 20.9 Å². The van der Waals surface area contributed by atoms with E-state index in [9.17, 15) is 13.2 Å². The molecule has 0 aromatic carbocycles. The van der Waals surface area contributed by atoms with Crippen LogP contribution in [0, 0.1) is 0 Å². The second-order valence-corrected chi connectivity index (χ2v) is 7.84. The lowest BCUT2D eigenvalue weighted by Gasteiger charge is -2.15. The summed E-state index contributed by atoms with van der Waals surface area (Å²) in [6.45, 7) is 1.90. The lowest BCUT2D eigenvalue weighted by Crippen LogP contribution is -2.31. The van der Waals surface area contributed by atoms with Crippen LogP contribution in [0.3, 0.4) is 0 Å². The summed E-state index contributed by atoms with van der Waals surface area (Å²) in [7, 11) is -3.58. The van der Waals surface area contributed by atoms with E-state index in [0.29, 0.717) is 12.2 Å². The zero-order valence-corrected chi connectivity index (χ0v) is 13.2. The molecule has 0 aliphatic heterocycles. The Morgan fingerprint density at radius 3 is 2.76 bits per heavy atom. The molecule has 2 aromatic heterocycles. The number of furan rings is 1. The number of carbonyl (C=O) groups is 1. The van der Waals surface area contributed by atoms with Crippen molar-refractivity contribution in [1.82, 2.24) is 5.32 Å². The molecule has 1 N–H and O–H groups in total. The summed E-state index contributed by atoms with van der Waals surface area (Å²) in [6.07, 6.45) is 2.53. The van der Waals surface area contributed by atoms with Crippen LogP contribution in [0.5, 0.6) is 0 Å². The molecule has 0 spiro atoms. The summed E-state index contributed by atoms with van der Waals surface area (Å²) in [4.78, 5) is 11.6. The Morgan fingerprint density at radius 1 is 1.38 bits per heavy atom. The molecule has 0 saturated carbocycles. The minimum Gasteiger partial charge on any atom is -0.468 e. The molecule has 7 heteroatoms. The lowest BCUT2D eigenvalue weighted by atomic mass is 10.3. The van der Waals surface area contributed by atoms with Crippen molar-refractivity contribution in [3.8, 4) is 0 Å². The summed E-state index contributed by atoms with van der Waals surface area (Å²) in [5.74, 6) is 0.177. The van der Waals surface area contributed by atoms with Gasteiger partial charge in [-0.25, -0.2) is 8.42 Å². The molecule has 5 nitrogen and oxygen atoms in total. The highest BCUT2D eigenvalue weighted by Gasteiger charge is 2.32. The zero-order valence-electron chi connectivity index (χ0n) is 11.6. The Morgan fingerprint density at radius 2 is 2.19 bits per heavy atom. The maximum absolute atomic E-state index is 12.7. The summed E-state index contributed by atoms with van der Waals surface area (Å²) < 4.78 is 30.8. The number of hydrogen-bond acceptors (Lipinski definition) is 5. The van der Waals surface area contributed by atoms with Crippen LogP contribution in [-0.2, 0) is 14.6 Å². The average molecular weight is 327 g/mol. The summed E-state index contributed by atoms with van der Waals surface area (Å²) in [5, 5.41) is 3.47. The molecule has 2 aromatic rings. The quantitative estimate of drug-likeness (QED) is 0.848. The molecule has 0 aliphatic carbocycles. The summed E-state index contributed by atoms with van der Waals surface area (Å²) >= 11 is 1.16. The maximum Gasteiger partial charge on any atom is 0.220 e. The molecule has 0 fully saturated rings. The predicted octanol–water partition coefficient (Wildman–Crippen LogP) is 2.77. The monoisotopic (exact) mass is 327 g/mol. The number of sulfone groups is 1. The van der Waals surface area contributed by atoms with E-state index in [1.165, 1.54) is 6.26 Å². The lowest BCUT2D eigenvalue weighted by molar-refractivity contribution is -0.121. The summed E-state index contributed by atoms with van der Waals surface area (Å²) in [6, 6.07) is 6.50. The van der Waals surface area contributed by atoms with Crippen LogP contribution < -0.4 is 5.32 Å². The maximum atomic E-state index is 12.7. The van der Waals surface area contributed by atoms with Gasteiger partial charge in [0.25, 0.3) is 0 Å². The zero-order chi connectivity index (χ0) is 15.3. The van der Waals surface area contributed by atoms with Crippen LogP contribution in [0.15, 0.2) is 44.5 Å². The molecule has 0 unspecified atom stereocenters. The third-order valence-corrected chi connectivity index (χ3v) is 6.46. The minimum absolute atomic E-state index is 0.00653. The van der Waals surface area contributed by atoms with Gasteiger partial charge in [-0.05, 0) is 30.0 Å². The highest BCUT2D eigenvalue weighted by Crippen LogP contribution is 2.31. The largest absolute Gasteiger partial charge is 0.468 e. The van der Waals surface area contributed by atoms with Gasteiger partial charge in [0.1, 0.15) is 15.2 Å². The number of thiophene rings is 1. The number of hydrogen-bond donors (Lipinski definition) is 1. The topological polar surface area (TPSA) is 76.4 Å². The van der Waals surface area contributed by atoms with Crippen molar-refractivity contribution in [3.05, 3.63) is 41.7 Å². The van der Waals surface area contributed by atoms with Gasteiger partial charge in [-0.2, -0.15) is 0 Å². The van der Waals surface area contributed by atoms with Crippen molar-refractivity contribution in [3.63, 3.8) is 0 Å². The number of amides is 1. The third kappa shape index (κ3) is 3.74. The first kappa shape index (κ1) is 15.8. The standard InChI is InChI=1S/C14H17NO4S2/c1-2-5-13(16)15-10-12(11-6-3-8-19-11)21(17,18)14-7-4-9-20-14/h3-4,6-9,12H,2,5,10H2,1H3,(H,15,16)/t12-/m0/s1. The SMILES string of the molecule is CCCC(=O)NC[C@@H](c1ccco1)S(=O)(=O)c1cccs1. The van der Waals surface area contributed by atoms with Gasteiger partial charge in [0.2, 0.25) is 5.91 Å². The van der Waals surface area contributed by atoms with E-state index in [0.717, 1.165) is 17.8 Å². The molecule has 114 valence electrons. The first-order valence-electron chi connectivity index (χ1n) is 6.63. The average Bonchev–Trinajstić information content (AvgIpc) is 3.12. The van der Waals surface area contributed by atoms with Gasteiger partial charge in [-0.3, -0.25) is 4.79 Å². The first-order chi connectivity index (χ1) is 10.1. The Bertz CT molecular complexity index is 660. The van der Waals surface area contributed by atoms with Gasteiger partial charge in [-0.1, -0.05) is 13.0 Å². The van der Waals surface area contributed by atoms with Gasteiger partial charge >= 0.3 is 0 Å². The fourth-order valence-electron chi connectivity index (χ4n) is 1.93. The Hall–Kier alpha value is -1.60. The van der Waals surface area contributed by atoms with Crippen molar-refractivity contribution in [1.29, 1.82) is 0 Å². The Labute approximate surface area is 127 Å². The predicted molar refractivity (Wildman–Crippen MR) is 80.9 cm³/mol. The van der Waals surface area contributed by atoms with Crippen LogP contribution in [0.25, 0.3) is 0 Å².